The van der Waals surface area contributed by atoms with Gasteiger partial charge in [0.25, 0.3) is 6.43 Å². The lowest BCUT2D eigenvalue weighted by Gasteiger charge is -2.21. The van der Waals surface area contributed by atoms with E-state index in [1.165, 1.54) is 12.1 Å². The molecule has 0 N–H and O–H groups in total. The normalized spacial score (nSPS) is 14.3. The topological polar surface area (TPSA) is 0 Å². The molecule has 0 saturated carbocycles. The van der Waals surface area contributed by atoms with Crippen LogP contribution in [0.5, 0.6) is 0 Å². The van der Waals surface area contributed by atoms with Crippen LogP contribution in [0.15, 0.2) is 24.3 Å². The van der Waals surface area contributed by atoms with Gasteiger partial charge in [-0.1, -0.05) is 29.8 Å². The van der Waals surface area contributed by atoms with Gasteiger partial charge in [0.2, 0.25) is 6.17 Å². The van der Waals surface area contributed by atoms with Gasteiger partial charge >= 0.3 is 5.92 Å². The molecule has 1 aromatic rings. The number of benzene rings is 1. The van der Waals surface area contributed by atoms with Crippen molar-refractivity contribution < 1.29 is 22.0 Å². The Bertz CT molecular complexity index is 339. The lowest BCUT2D eigenvalue weighted by atomic mass is 10.0. The summed E-state index contributed by atoms with van der Waals surface area (Å²) in [6.07, 6.45) is -7.31. The number of hydrogen-bond acceptors (Lipinski definition) is 0. The van der Waals surface area contributed by atoms with Crippen LogP contribution in [0.25, 0.3) is 0 Å². The van der Waals surface area contributed by atoms with Gasteiger partial charge in [0, 0.05) is 10.6 Å². The third-order valence-corrected chi connectivity index (χ3v) is 2.13. The Hall–Kier alpha value is -0.840. The average molecular weight is 245 g/mol. The first kappa shape index (κ1) is 12.2. The highest BCUT2D eigenvalue weighted by molar-refractivity contribution is 6.31. The molecular formula is C9H6ClF5. The van der Waals surface area contributed by atoms with Gasteiger partial charge in [-0.2, -0.15) is 8.78 Å². The molecule has 84 valence electrons. The van der Waals surface area contributed by atoms with E-state index < -0.39 is 29.1 Å². The summed E-state index contributed by atoms with van der Waals surface area (Å²) < 4.78 is 62.5. The molecule has 15 heavy (non-hydrogen) atoms. The predicted octanol–water partition coefficient (Wildman–Crippen LogP) is 4.04. The van der Waals surface area contributed by atoms with E-state index in [1.54, 1.807) is 0 Å². The standard InChI is InChI=1S/C9H6ClF5/c10-6-4-2-1-3-5(6)9(14,15)7(11)8(12)13/h1-4,7-8H. The minimum atomic E-state index is -4.29. The van der Waals surface area contributed by atoms with E-state index >= 15 is 0 Å². The molecule has 0 spiro atoms. The summed E-state index contributed by atoms with van der Waals surface area (Å²) in [5, 5.41) is -0.439. The second-order valence-electron chi connectivity index (χ2n) is 2.84. The van der Waals surface area contributed by atoms with Gasteiger partial charge in [-0.05, 0) is 6.07 Å². The maximum Gasteiger partial charge on any atom is 0.310 e. The molecule has 6 heteroatoms. The summed E-state index contributed by atoms with van der Waals surface area (Å²) in [5.74, 6) is -4.29. The minimum Gasteiger partial charge on any atom is -0.234 e. The van der Waals surface area contributed by atoms with Gasteiger partial charge < -0.3 is 0 Å². The Morgan fingerprint density at radius 2 is 1.60 bits per heavy atom. The molecule has 0 saturated heterocycles. The monoisotopic (exact) mass is 244 g/mol. The first-order valence-corrected chi connectivity index (χ1v) is 4.30. The van der Waals surface area contributed by atoms with Crippen molar-refractivity contribution in [1.29, 1.82) is 0 Å². The largest absolute Gasteiger partial charge is 0.310 e. The molecule has 0 heterocycles. The zero-order chi connectivity index (χ0) is 11.6. The highest BCUT2D eigenvalue weighted by Crippen LogP contribution is 2.39. The predicted molar refractivity (Wildman–Crippen MR) is 46.2 cm³/mol. The molecule has 0 aliphatic heterocycles. The van der Waals surface area contributed by atoms with Gasteiger partial charge in [-0.3, -0.25) is 0 Å². The van der Waals surface area contributed by atoms with Crippen LogP contribution >= 0.6 is 11.6 Å². The van der Waals surface area contributed by atoms with E-state index in [1.807, 2.05) is 0 Å². The second-order valence-corrected chi connectivity index (χ2v) is 3.25. The number of hydrogen-bond donors (Lipinski definition) is 0. The lowest BCUT2D eigenvalue weighted by molar-refractivity contribution is -0.133. The summed E-state index contributed by atoms with van der Waals surface area (Å²) in [6, 6.07) is 4.42. The third kappa shape index (κ3) is 2.40. The van der Waals surface area contributed by atoms with Crippen molar-refractivity contribution in [2.45, 2.75) is 18.5 Å². The lowest BCUT2D eigenvalue weighted by Crippen LogP contribution is -2.33. The van der Waals surface area contributed by atoms with E-state index in [-0.39, 0.29) is 0 Å². The molecule has 0 amide bonds. The molecule has 0 bridgehead atoms. The Labute approximate surface area is 87.7 Å². The van der Waals surface area contributed by atoms with Crippen LogP contribution in [0, 0.1) is 0 Å². The Morgan fingerprint density at radius 3 is 2.07 bits per heavy atom. The van der Waals surface area contributed by atoms with Gasteiger partial charge in [-0.15, -0.1) is 0 Å². The summed E-state index contributed by atoms with van der Waals surface area (Å²) in [4.78, 5) is 0. The molecular weight excluding hydrogens is 239 g/mol. The van der Waals surface area contributed by atoms with E-state index in [2.05, 4.69) is 0 Å². The first-order valence-electron chi connectivity index (χ1n) is 3.92. The van der Waals surface area contributed by atoms with Crippen LogP contribution in [0.1, 0.15) is 5.56 Å². The van der Waals surface area contributed by atoms with Crippen molar-refractivity contribution in [3.63, 3.8) is 0 Å². The molecule has 0 aliphatic carbocycles. The number of rotatable bonds is 3. The van der Waals surface area contributed by atoms with Crippen molar-refractivity contribution in [3.05, 3.63) is 34.9 Å². The van der Waals surface area contributed by atoms with Gasteiger partial charge in [0.15, 0.2) is 0 Å². The van der Waals surface area contributed by atoms with Crippen LogP contribution in [-0.4, -0.2) is 12.6 Å². The number of halogens is 6. The van der Waals surface area contributed by atoms with Gasteiger partial charge in [0.1, 0.15) is 0 Å². The van der Waals surface area contributed by atoms with E-state index in [0.717, 1.165) is 12.1 Å². The minimum absolute atomic E-state index is 0.439. The van der Waals surface area contributed by atoms with E-state index in [4.69, 9.17) is 11.6 Å². The fourth-order valence-corrected chi connectivity index (χ4v) is 1.30. The van der Waals surface area contributed by atoms with E-state index in [0.29, 0.717) is 0 Å². The zero-order valence-corrected chi connectivity index (χ0v) is 7.99. The van der Waals surface area contributed by atoms with Crippen LogP contribution in [0.3, 0.4) is 0 Å². The molecule has 0 radical (unpaired) electrons. The molecule has 0 aromatic heterocycles. The summed E-state index contributed by atoms with van der Waals surface area (Å²) >= 11 is 5.37. The van der Waals surface area contributed by atoms with Crippen LogP contribution < -0.4 is 0 Å². The van der Waals surface area contributed by atoms with Crippen LogP contribution in [0.4, 0.5) is 22.0 Å². The molecule has 0 fully saturated rings. The van der Waals surface area contributed by atoms with Crippen molar-refractivity contribution >= 4 is 11.6 Å². The zero-order valence-electron chi connectivity index (χ0n) is 7.23. The number of alkyl halides is 5. The molecule has 1 aromatic carbocycles. The fraction of sp³-hybridized carbons (Fsp3) is 0.333. The van der Waals surface area contributed by atoms with Crippen molar-refractivity contribution in [3.8, 4) is 0 Å². The second kappa shape index (κ2) is 4.35. The van der Waals surface area contributed by atoms with Crippen molar-refractivity contribution in [2.24, 2.45) is 0 Å². The molecule has 1 unspecified atom stereocenters. The molecule has 1 atom stereocenters. The Morgan fingerprint density at radius 1 is 1.07 bits per heavy atom. The molecule has 0 nitrogen and oxygen atoms in total. The Balaban J connectivity index is 3.11. The van der Waals surface area contributed by atoms with Gasteiger partial charge in [0.05, 0.1) is 0 Å². The third-order valence-electron chi connectivity index (χ3n) is 1.80. The Kier molecular flexibility index (Phi) is 3.54. The van der Waals surface area contributed by atoms with Crippen molar-refractivity contribution in [2.75, 3.05) is 0 Å². The summed E-state index contributed by atoms with van der Waals surface area (Å²) in [6.45, 7) is 0. The summed E-state index contributed by atoms with van der Waals surface area (Å²) in [7, 11) is 0. The molecule has 0 aliphatic rings. The maximum absolute atomic E-state index is 13.1. The maximum atomic E-state index is 13.1. The van der Waals surface area contributed by atoms with Crippen LogP contribution in [0.2, 0.25) is 5.02 Å². The fourth-order valence-electron chi connectivity index (χ4n) is 1.04. The van der Waals surface area contributed by atoms with Crippen LogP contribution in [-0.2, 0) is 5.92 Å². The van der Waals surface area contributed by atoms with E-state index in [9.17, 15) is 22.0 Å². The first-order chi connectivity index (χ1) is 6.87. The smallest absolute Gasteiger partial charge is 0.234 e. The SMILES string of the molecule is FC(F)C(F)C(F)(F)c1ccccc1Cl. The molecule has 1 rings (SSSR count). The quantitative estimate of drug-likeness (QED) is 0.704. The highest BCUT2D eigenvalue weighted by atomic mass is 35.5. The highest BCUT2D eigenvalue weighted by Gasteiger charge is 2.48. The average Bonchev–Trinajstić information content (AvgIpc) is 2.16. The summed E-state index contributed by atoms with van der Waals surface area (Å²) in [5.41, 5.74) is -0.931. The van der Waals surface area contributed by atoms with Gasteiger partial charge in [-0.25, -0.2) is 13.2 Å². The van der Waals surface area contributed by atoms with Crippen molar-refractivity contribution in [1.82, 2.24) is 0 Å².